The zero-order valence-electron chi connectivity index (χ0n) is 13.6. The molecule has 0 spiro atoms. The molecule has 1 heterocycles. The Morgan fingerprint density at radius 2 is 1.91 bits per heavy atom. The van der Waals surface area contributed by atoms with E-state index in [4.69, 9.17) is 5.73 Å². The molecule has 3 N–H and O–H groups in total. The minimum absolute atomic E-state index is 0.0230. The van der Waals surface area contributed by atoms with E-state index in [0.29, 0.717) is 6.42 Å². The lowest BCUT2D eigenvalue weighted by atomic mass is 10.1. The average molecular weight is 300 g/mol. The Hall–Kier alpha value is -2.14. The molecule has 118 valence electrons. The molecule has 0 aliphatic heterocycles. The van der Waals surface area contributed by atoms with Gasteiger partial charge in [-0.3, -0.25) is 4.79 Å². The predicted molar refractivity (Wildman–Crippen MR) is 87.9 cm³/mol. The van der Waals surface area contributed by atoms with E-state index in [9.17, 15) is 4.79 Å². The van der Waals surface area contributed by atoms with Crippen LogP contribution in [0.2, 0.25) is 0 Å². The molecular weight excluding hydrogens is 276 g/mol. The van der Waals surface area contributed by atoms with Gasteiger partial charge < -0.3 is 11.1 Å². The van der Waals surface area contributed by atoms with E-state index in [1.165, 1.54) is 0 Å². The first-order valence-electron chi connectivity index (χ1n) is 7.55. The number of hydrogen-bond donors (Lipinski definition) is 2. The van der Waals surface area contributed by atoms with Crippen LogP contribution in [0.25, 0.3) is 5.69 Å². The van der Waals surface area contributed by atoms with Crippen LogP contribution >= 0.6 is 0 Å². The van der Waals surface area contributed by atoms with E-state index >= 15 is 0 Å². The number of carbonyl (C=O) groups is 1. The molecular formula is C17H24N4O. The summed E-state index contributed by atoms with van der Waals surface area (Å²) in [5, 5.41) is 7.43. The molecule has 0 radical (unpaired) electrons. The fraction of sp³-hybridized carbons (Fsp3) is 0.412. The van der Waals surface area contributed by atoms with Gasteiger partial charge in [0.25, 0.3) is 0 Å². The number of nitrogens with zero attached hydrogens (tertiary/aromatic N) is 2. The van der Waals surface area contributed by atoms with Crippen LogP contribution in [0.1, 0.15) is 43.3 Å². The van der Waals surface area contributed by atoms with Crippen molar-refractivity contribution < 1.29 is 4.79 Å². The van der Waals surface area contributed by atoms with Crippen molar-refractivity contribution in [2.45, 2.75) is 46.2 Å². The third-order valence-electron chi connectivity index (χ3n) is 3.53. The second kappa shape index (κ2) is 6.75. The molecule has 5 nitrogen and oxygen atoms in total. The van der Waals surface area contributed by atoms with Crippen molar-refractivity contribution in [3.63, 3.8) is 0 Å². The van der Waals surface area contributed by atoms with Gasteiger partial charge in [-0.2, -0.15) is 5.10 Å². The van der Waals surface area contributed by atoms with Crippen LogP contribution in [0.15, 0.2) is 30.3 Å². The summed E-state index contributed by atoms with van der Waals surface area (Å²) >= 11 is 0. The number of amides is 1. The number of hydrogen-bond acceptors (Lipinski definition) is 3. The molecule has 0 saturated carbocycles. The minimum atomic E-state index is -0.124. The second-order valence-electron chi connectivity index (χ2n) is 5.90. The quantitative estimate of drug-likeness (QED) is 0.890. The Labute approximate surface area is 131 Å². The highest BCUT2D eigenvalue weighted by molar-refractivity contribution is 5.77. The Kier molecular flexibility index (Phi) is 4.98. The van der Waals surface area contributed by atoms with Gasteiger partial charge in [-0.1, -0.05) is 12.1 Å². The number of carbonyl (C=O) groups excluding carboxylic acids is 1. The van der Waals surface area contributed by atoms with E-state index in [1.807, 2.05) is 62.7 Å². The topological polar surface area (TPSA) is 72.9 Å². The molecule has 1 aromatic heterocycles. The van der Waals surface area contributed by atoms with Crippen molar-refractivity contribution in [3.05, 3.63) is 47.3 Å². The summed E-state index contributed by atoms with van der Waals surface area (Å²) in [6.45, 7) is 7.81. The molecule has 0 fully saturated rings. The van der Waals surface area contributed by atoms with E-state index in [0.717, 1.165) is 22.6 Å². The van der Waals surface area contributed by atoms with Crippen molar-refractivity contribution in [3.8, 4) is 5.69 Å². The summed E-state index contributed by atoms with van der Waals surface area (Å²) in [6.07, 6.45) is 0.341. The molecule has 22 heavy (non-hydrogen) atoms. The number of nitrogens with one attached hydrogen (secondary N) is 1. The lowest BCUT2D eigenvalue weighted by Gasteiger charge is -2.16. The molecule has 0 aliphatic carbocycles. The van der Waals surface area contributed by atoms with E-state index in [-0.39, 0.29) is 18.0 Å². The number of aromatic nitrogens is 2. The molecule has 0 aliphatic rings. The summed E-state index contributed by atoms with van der Waals surface area (Å²) in [7, 11) is 0. The highest BCUT2D eigenvalue weighted by Crippen LogP contribution is 2.17. The largest absolute Gasteiger partial charge is 0.350 e. The monoisotopic (exact) mass is 300 g/mol. The lowest BCUT2D eigenvalue weighted by Crippen LogP contribution is -2.31. The zero-order chi connectivity index (χ0) is 16.3. The maximum atomic E-state index is 11.8. The Morgan fingerprint density at radius 1 is 1.27 bits per heavy atom. The van der Waals surface area contributed by atoms with Gasteiger partial charge in [0.15, 0.2) is 0 Å². The molecule has 0 saturated heterocycles. The van der Waals surface area contributed by atoms with Gasteiger partial charge in [-0.05, 0) is 51.5 Å². The third kappa shape index (κ3) is 3.95. The Balaban J connectivity index is 2.08. The van der Waals surface area contributed by atoms with Crippen molar-refractivity contribution in [1.29, 1.82) is 0 Å². The van der Waals surface area contributed by atoms with Crippen LogP contribution < -0.4 is 11.1 Å². The standard InChI is InChI=1S/C17H24N4O/c1-11(18)9-17(22)19-14(4)15-5-7-16(8-6-15)21-13(3)10-12(2)20-21/h5-8,10-11,14H,9,18H2,1-4H3,(H,19,22). The summed E-state index contributed by atoms with van der Waals surface area (Å²) in [6, 6.07) is 9.95. The van der Waals surface area contributed by atoms with Crippen LogP contribution in [0.4, 0.5) is 0 Å². The Morgan fingerprint density at radius 3 is 2.41 bits per heavy atom. The fourth-order valence-corrected chi connectivity index (χ4v) is 2.47. The summed E-state index contributed by atoms with van der Waals surface area (Å²) < 4.78 is 1.92. The summed E-state index contributed by atoms with van der Waals surface area (Å²) in [4.78, 5) is 11.8. The maximum absolute atomic E-state index is 11.8. The lowest BCUT2D eigenvalue weighted by molar-refractivity contribution is -0.122. The van der Waals surface area contributed by atoms with Crippen molar-refractivity contribution >= 4 is 5.91 Å². The van der Waals surface area contributed by atoms with E-state index < -0.39 is 0 Å². The maximum Gasteiger partial charge on any atom is 0.222 e. The van der Waals surface area contributed by atoms with Crippen LogP contribution in [0.5, 0.6) is 0 Å². The number of aryl methyl sites for hydroxylation is 2. The van der Waals surface area contributed by atoms with Gasteiger partial charge in [-0.25, -0.2) is 4.68 Å². The van der Waals surface area contributed by atoms with Crippen LogP contribution in [0.3, 0.4) is 0 Å². The predicted octanol–water partition coefficient (Wildman–Crippen LogP) is 2.40. The molecule has 2 unspecified atom stereocenters. The first-order valence-corrected chi connectivity index (χ1v) is 7.55. The van der Waals surface area contributed by atoms with Crippen LogP contribution in [-0.4, -0.2) is 21.7 Å². The number of nitrogens with two attached hydrogens (primary N) is 1. The van der Waals surface area contributed by atoms with Gasteiger partial charge in [0.1, 0.15) is 0 Å². The van der Waals surface area contributed by atoms with Gasteiger partial charge in [-0.15, -0.1) is 0 Å². The van der Waals surface area contributed by atoms with E-state index in [2.05, 4.69) is 10.4 Å². The van der Waals surface area contributed by atoms with Gasteiger partial charge in [0.05, 0.1) is 17.4 Å². The first-order chi connectivity index (χ1) is 10.4. The SMILES string of the molecule is Cc1cc(C)n(-c2ccc(C(C)NC(=O)CC(C)N)cc2)n1. The molecule has 0 bridgehead atoms. The van der Waals surface area contributed by atoms with Gasteiger partial charge >= 0.3 is 0 Å². The van der Waals surface area contributed by atoms with Crippen molar-refractivity contribution in [2.24, 2.45) is 5.73 Å². The highest BCUT2D eigenvalue weighted by atomic mass is 16.1. The van der Waals surface area contributed by atoms with E-state index in [1.54, 1.807) is 0 Å². The highest BCUT2D eigenvalue weighted by Gasteiger charge is 2.11. The normalized spacial score (nSPS) is 13.7. The third-order valence-corrected chi connectivity index (χ3v) is 3.53. The van der Waals surface area contributed by atoms with Crippen molar-refractivity contribution in [1.82, 2.24) is 15.1 Å². The zero-order valence-corrected chi connectivity index (χ0v) is 13.6. The molecule has 2 rings (SSSR count). The fourth-order valence-electron chi connectivity index (χ4n) is 2.47. The molecule has 2 aromatic rings. The second-order valence-corrected chi connectivity index (χ2v) is 5.90. The molecule has 2 atom stereocenters. The molecule has 1 amide bonds. The molecule has 5 heteroatoms. The average Bonchev–Trinajstić information content (AvgIpc) is 2.77. The number of rotatable bonds is 5. The summed E-state index contributed by atoms with van der Waals surface area (Å²) in [5.41, 5.74) is 9.81. The van der Waals surface area contributed by atoms with Crippen LogP contribution in [-0.2, 0) is 4.79 Å². The summed E-state index contributed by atoms with van der Waals surface area (Å²) in [5.74, 6) is -0.0230. The number of benzene rings is 1. The van der Waals surface area contributed by atoms with Gasteiger partial charge in [0, 0.05) is 18.2 Å². The Bertz CT molecular complexity index is 643. The van der Waals surface area contributed by atoms with Crippen LogP contribution in [0, 0.1) is 13.8 Å². The van der Waals surface area contributed by atoms with Crippen molar-refractivity contribution in [2.75, 3.05) is 0 Å². The minimum Gasteiger partial charge on any atom is -0.350 e. The first kappa shape index (κ1) is 16.2. The smallest absolute Gasteiger partial charge is 0.222 e. The molecule has 1 aromatic carbocycles. The van der Waals surface area contributed by atoms with Gasteiger partial charge in [0.2, 0.25) is 5.91 Å².